The number of hydrogen-bond acceptors (Lipinski definition) is 2. The molecule has 1 rings (SSSR count). The van der Waals surface area contributed by atoms with E-state index in [0.717, 1.165) is 11.1 Å². The van der Waals surface area contributed by atoms with Crippen molar-refractivity contribution in [2.75, 3.05) is 11.2 Å². The van der Waals surface area contributed by atoms with E-state index in [2.05, 4.69) is 43.4 Å². The van der Waals surface area contributed by atoms with E-state index in [1.54, 1.807) is 0 Å². The average Bonchev–Trinajstić information content (AvgIpc) is 2.31. The first-order chi connectivity index (χ1) is 7.83. The topological polar surface area (TPSA) is 12.0 Å². The summed E-state index contributed by atoms with van der Waals surface area (Å²) in [5, 5.41) is 4.20. The summed E-state index contributed by atoms with van der Waals surface area (Å²) in [6.45, 7) is 4.59. The van der Waals surface area contributed by atoms with Crippen molar-refractivity contribution in [3.05, 3.63) is 30.3 Å². The van der Waals surface area contributed by atoms with E-state index in [1.807, 2.05) is 17.8 Å². The van der Waals surface area contributed by atoms with E-state index in [0.29, 0.717) is 0 Å². The Bertz CT molecular complexity index is 261. The molecule has 0 aromatic heterocycles. The zero-order valence-corrected chi connectivity index (χ0v) is 11.2. The molecule has 0 spiro atoms. The number of unbranched alkanes of at least 4 members (excludes halogenated alkanes) is 2. The standard InChI is InChI=1S/C14H23NS/c1-3-4-6-9-13(2)16-12-15-14-10-7-5-8-11-14/h5,7-8,10-11,13,15H,3-4,6,9,12H2,1-2H3/t13-/m0/s1. The molecule has 1 aromatic carbocycles. The highest BCUT2D eigenvalue weighted by Gasteiger charge is 2.01. The van der Waals surface area contributed by atoms with Crippen LogP contribution in [-0.2, 0) is 0 Å². The van der Waals surface area contributed by atoms with Gasteiger partial charge in [-0.2, -0.15) is 0 Å². The molecule has 16 heavy (non-hydrogen) atoms. The molecular weight excluding hydrogens is 214 g/mol. The summed E-state index contributed by atoms with van der Waals surface area (Å²) in [6.07, 6.45) is 5.40. The second kappa shape index (κ2) is 8.51. The minimum Gasteiger partial charge on any atom is -0.376 e. The number of anilines is 1. The summed E-state index contributed by atoms with van der Waals surface area (Å²) in [4.78, 5) is 0. The molecule has 0 saturated carbocycles. The summed E-state index contributed by atoms with van der Waals surface area (Å²) in [5.41, 5.74) is 1.22. The number of nitrogens with one attached hydrogen (secondary N) is 1. The van der Waals surface area contributed by atoms with Gasteiger partial charge in [0, 0.05) is 10.9 Å². The second-order valence-electron chi connectivity index (χ2n) is 4.16. The van der Waals surface area contributed by atoms with Gasteiger partial charge < -0.3 is 5.32 Å². The summed E-state index contributed by atoms with van der Waals surface area (Å²) in [6, 6.07) is 10.4. The molecule has 0 aliphatic heterocycles. The molecule has 0 heterocycles. The Balaban J connectivity index is 2.06. The maximum Gasteiger partial charge on any atom is 0.0613 e. The van der Waals surface area contributed by atoms with Crippen LogP contribution in [0, 0.1) is 0 Å². The van der Waals surface area contributed by atoms with Gasteiger partial charge in [0.15, 0.2) is 0 Å². The highest BCUT2D eigenvalue weighted by atomic mass is 32.2. The molecule has 0 aliphatic carbocycles. The number of thioether (sulfide) groups is 1. The normalized spacial score (nSPS) is 12.4. The van der Waals surface area contributed by atoms with Gasteiger partial charge >= 0.3 is 0 Å². The van der Waals surface area contributed by atoms with Gasteiger partial charge in [-0.05, 0) is 18.6 Å². The van der Waals surface area contributed by atoms with Crippen molar-refractivity contribution in [3.8, 4) is 0 Å². The number of benzene rings is 1. The van der Waals surface area contributed by atoms with Gasteiger partial charge in [0.2, 0.25) is 0 Å². The molecule has 0 fully saturated rings. The lowest BCUT2D eigenvalue weighted by atomic mass is 10.2. The molecule has 0 radical (unpaired) electrons. The Hall–Kier alpha value is -0.630. The minimum atomic E-state index is 0.766. The number of para-hydroxylation sites is 1. The zero-order valence-electron chi connectivity index (χ0n) is 10.4. The molecule has 2 heteroatoms. The zero-order chi connectivity index (χ0) is 11.6. The highest BCUT2D eigenvalue weighted by Crippen LogP contribution is 2.18. The fourth-order valence-corrected chi connectivity index (χ4v) is 2.46. The van der Waals surface area contributed by atoms with E-state index in [9.17, 15) is 0 Å². The molecular formula is C14H23NS. The summed E-state index contributed by atoms with van der Waals surface area (Å²) >= 11 is 2.01. The smallest absolute Gasteiger partial charge is 0.0613 e. The lowest BCUT2D eigenvalue weighted by Crippen LogP contribution is -2.03. The molecule has 1 nitrogen and oxygen atoms in total. The molecule has 90 valence electrons. The maximum atomic E-state index is 3.43. The lowest BCUT2D eigenvalue weighted by molar-refractivity contribution is 0.664. The first kappa shape index (κ1) is 13.4. The van der Waals surface area contributed by atoms with E-state index in [1.165, 1.54) is 31.4 Å². The molecule has 1 atom stereocenters. The minimum absolute atomic E-state index is 0.766. The van der Waals surface area contributed by atoms with Crippen LogP contribution in [0.2, 0.25) is 0 Å². The van der Waals surface area contributed by atoms with Crippen molar-refractivity contribution in [2.24, 2.45) is 0 Å². The summed E-state index contributed by atoms with van der Waals surface area (Å²) < 4.78 is 0. The van der Waals surface area contributed by atoms with E-state index >= 15 is 0 Å². The van der Waals surface area contributed by atoms with Crippen LogP contribution < -0.4 is 5.32 Å². The van der Waals surface area contributed by atoms with E-state index < -0.39 is 0 Å². The SMILES string of the molecule is CCCCC[C@H](C)SCNc1ccccc1. The lowest BCUT2D eigenvalue weighted by Gasteiger charge is -2.12. The summed E-state index contributed by atoms with van der Waals surface area (Å²) in [5.74, 6) is 1.01. The van der Waals surface area contributed by atoms with Crippen LogP contribution in [0.5, 0.6) is 0 Å². The molecule has 0 aliphatic rings. The quantitative estimate of drug-likeness (QED) is 0.517. The molecule has 0 unspecified atom stereocenters. The molecule has 0 bridgehead atoms. The van der Waals surface area contributed by atoms with Crippen LogP contribution in [0.1, 0.15) is 39.5 Å². The number of rotatable bonds is 8. The monoisotopic (exact) mass is 237 g/mol. The fraction of sp³-hybridized carbons (Fsp3) is 0.571. The van der Waals surface area contributed by atoms with Crippen molar-refractivity contribution in [2.45, 2.75) is 44.8 Å². The van der Waals surface area contributed by atoms with Gasteiger partial charge in [-0.25, -0.2) is 0 Å². The van der Waals surface area contributed by atoms with Crippen molar-refractivity contribution in [3.63, 3.8) is 0 Å². The van der Waals surface area contributed by atoms with Crippen LogP contribution in [0.25, 0.3) is 0 Å². The molecule has 1 N–H and O–H groups in total. The molecule has 0 saturated heterocycles. The highest BCUT2D eigenvalue weighted by molar-refractivity contribution is 7.99. The summed E-state index contributed by atoms with van der Waals surface area (Å²) in [7, 11) is 0. The van der Waals surface area contributed by atoms with Crippen LogP contribution in [-0.4, -0.2) is 11.1 Å². The van der Waals surface area contributed by atoms with Gasteiger partial charge in [0.1, 0.15) is 0 Å². The van der Waals surface area contributed by atoms with Crippen LogP contribution in [0.3, 0.4) is 0 Å². The van der Waals surface area contributed by atoms with Crippen LogP contribution in [0.4, 0.5) is 5.69 Å². The Labute approximate surface area is 104 Å². The maximum absolute atomic E-state index is 3.43. The van der Waals surface area contributed by atoms with Gasteiger partial charge in [0.25, 0.3) is 0 Å². The van der Waals surface area contributed by atoms with Gasteiger partial charge in [-0.1, -0.05) is 51.3 Å². The largest absolute Gasteiger partial charge is 0.376 e. The molecule has 0 amide bonds. The van der Waals surface area contributed by atoms with Crippen molar-refractivity contribution in [1.82, 2.24) is 0 Å². The Morgan fingerprint density at radius 2 is 1.94 bits per heavy atom. The van der Waals surface area contributed by atoms with Crippen molar-refractivity contribution < 1.29 is 0 Å². The van der Waals surface area contributed by atoms with Crippen molar-refractivity contribution >= 4 is 17.4 Å². The van der Waals surface area contributed by atoms with Crippen molar-refractivity contribution in [1.29, 1.82) is 0 Å². The third-order valence-corrected chi connectivity index (χ3v) is 3.75. The van der Waals surface area contributed by atoms with Crippen LogP contribution in [0.15, 0.2) is 30.3 Å². The average molecular weight is 237 g/mol. The van der Waals surface area contributed by atoms with E-state index in [-0.39, 0.29) is 0 Å². The fourth-order valence-electron chi connectivity index (χ4n) is 1.59. The first-order valence-electron chi connectivity index (χ1n) is 6.23. The van der Waals surface area contributed by atoms with Gasteiger partial charge in [0.05, 0.1) is 5.88 Å². The Morgan fingerprint density at radius 3 is 2.62 bits per heavy atom. The predicted molar refractivity (Wildman–Crippen MR) is 76.1 cm³/mol. The Morgan fingerprint density at radius 1 is 1.19 bits per heavy atom. The van der Waals surface area contributed by atoms with E-state index in [4.69, 9.17) is 0 Å². The van der Waals surface area contributed by atoms with Crippen LogP contribution >= 0.6 is 11.8 Å². The van der Waals surface area contributed by atoms with Gasteiger partial charge in [-0.15, -0.1) is 11.8 Å². The third-order valence-electron chi connectivity index (χ3n) is 2.63. The van der Waals surface area contributed by atoms with Gasteiger partial charge in [-0.3, -0.25) is 0 Å². The number of hydrogen-bond donors (Lipinski definition) is 1. The predicted octanol–water partition coefficient (Wildman–Crippen LogP) is 4.76. The Kier molecular flexibility index (Phi) is 7.15. The third kappa shape index (κ3) is 6.06. The second-order valence-corrected chi connectivity index (χ2v) is 5.59. The molecule has 1 aromatic rings. The first-order valence-corrected chi connectivity index (χ1v) is 7.28.